The predicted octanol–water partition coefficient (Wildman–Crippen LogP) is 3.38. The molecule has 1 aromatic carbocycles. The standard InChI is InChI=1S/C19H15F2N3O2/c20-19(21,15-6-2-1-3-7-15)18(13-25)12-16(23-26-18)11-14-5-4-9-24-10-8-22-17(14)24/h1-10,13H,11-12H2. The summed E-state index contributed by atoms with van der Waals surface area (Å²) in [5, 5.41) is 3.81. The van der Waals surface area contributed by atoms with Crippen LogP contribution in [0.1, 0.15) is 17.5 Å². The van der Waals surface area contributed by atoms with E-state index in [0.717, 1.165) is 5.56 Å². The number of aldehydes is 1. The zero-order valence-electron chi connectivity index (χ0n) is 13.7. The van der Waals surface area contributed by atoms with Crippen molar-refractivity contribution in [1.82, 2.24) is 9.38 Å². The number of benzene rings is 1. The van der Waals surface area contributed by atoms with Crippen LogP contribution >= 0.6 is 0 Å². The molecule has 0 fully saturated rings. The molecule has 1 atom stereocenters. The maximum Gasteiger partial charge on any atom is 0.321 e. The highest BCUT2D eigenvalue weighted by Crippen LogP contribution is 2.45. The minimum Gasteiger partial charge on any atom is -0.374 e. The lowest BCUT2D eigenvalue weighted by Crippen LogP contribution is -2.47. The van der Waals surface area contributed by atoms with E-state index in [0.29, 0.717) is 11.4 Å². The fraction of sp³-hybridized carbons (Fsp3) is 0.211. The number of imidazole rings is 1. The lowest BCUT2D eigenvalue weighted by molar-refractivity contribution is -0.195. The van der Waals surface area contributed by atoms with Crippen molar-refractivity contribution in [2.75, 3.05) is 0 Å². The average molecular weight is 355 g/mol. The van der Waals surface area contributed by atoms with Crippen molar-refractivity contribution >= 4 is 17.6 Å². The summed E-state index contributed by atoms with van der Waals surface area (Å²) >= 11 is 0. The molecule has 0 saturated carbocycles. The third kappa shape index (κ3) is 2.47. The molecule has 26 heavy (non-hydrogen) atoms. The number of fused-ring (bicyclic) bond motifs is 1. The van der Waals surface area contributed by atoms with Gasteiger partial charge in [-0.25, -0.2) is 4.98 Å². The molecule has 0 bridgehead atoms. The van der Waals surface area contributed by atoms with E-state index in [1.165, 1.54) is 24.3 Å². The molecule has 7 heteroatoms. The van der Waals surface area contributed by atoms with E-state index in [1.54, 1.807) is 18.5 Å². The summed E-state index contributed by atoms with van der Waals surface area (Å²) in [5.74, 6) is -3.50. The average Bonchev–Trinajstić information content (AvgIpc) is 3.31. The van der Waals surface area contributed by atoms with E-state index in [2.05, 4.69) is 10.1 Å². The summed E-state index contributed by atoms with van der Waals surface area (Å²) in [4.78, 5) is 20.9. The Labute approximate surface area is 147 Å². The summed E-state index contributed by atoms with van der Waals surface area (Å²) in [6, 6.07) is 10.9. The lowest BCUT2D eigenvalue weighted by atomic mass is 9.86. The van der Waals surface area contributed by atoms with E-state index in [4.69, 9.17) is 4.84 Å². The van der Waals surface area contributed by atoms with Crippen molar-refractivity contribution in [3.8, 4) is 0 Å². The molecule has 5 nitrogen and oxygen atoms in total. The minimum atomic E-state index is -3.50. The quantitative estimate of drug-likeness (QED) is 0.659. The number of carbonyl (C=O) groups is 1. The molecule has 3 heterocycles. The molecular weight excluding hydrogens is 340 g/mol. The number of aromatic nitrogens is 2. The van der Waals surface area contributed by atoms with Gasteiger partial charge in [0.05, 0.1) is 5.71 Å². The number of rotatable bonds is 5. The van der Waals surface area contributed by atoms with Gasteiger partial charge in [-0.15, -0.1) is 0 Å². The second-order valence-electron chi connectivity index (χ2n) is 6.24. The smallest absolute Gasteiger partial charge is 0.321 e. The van der Waals surface area contributed by atoms with Gasteiger partial charge in [-0.1, -0.05) is 41.6 Å². The van der Waals surface area contributed by atoms with Crippen molar-refractivity contribution in [3.63, 3.8) is 0 Å². The molecule has 2 aromatic heterocycles. The largest absolute Gasteiger partial charge is 0.374 e. The van der Waals surface area contributed by atoms with Gasteiger partial charge in [0.25, 0.3) is 5.60 Å². The van der Waals surface area contributed by atoms with Gasteiger partial charge in [-0.05, 0) is 6.07 Å². The molecule has 4 rings (SSSR count). The van der Waals surface area contributed by atoms with E-state index < -0.39 is 11.5 Å². The Morgan fingerprint density at radius 1 is 1.19 bits per heavy atom. The first-order chi connectivity index (χ1) is 12.6. The number of nitrogens with zero attached hydrogens (tertiary/aromatic N) is 3. The van der Waals surface area contributed by atoms with Gasteiger partial charge in [0.15, 0.2) is 6.29 Å². The van der Waals surface area contributed by atoms with Gasteiger partial charge in [0.2, 0.25) is 0 Å². The predicted molar refractivity (Wildman–Crippen MR) is 91.2 cm³/mol. The normalized spacial score (nSPS) is 20.0. The molecule has 0 aliphatic carbocycles. The molecule has 1 aliphatic rings. The number of hydrogen-bond donors (Lipinski definition) is 0. The Hall–Kier alpha value is -3.09. The summed E-state index contributed by atoms with van der Waals surface area (Å²) in [6.45, 7) is 0. The first kappa shape index (κ1) is 16.4. The van der Waals surface area contributed by atoms with Crippen molar-refractivity contribution in [2.45, 2.75) is 24.4 Å². The van der Waals surface area contributed by atoms with E-state index in [9.17, 15) is 13.6 Å². The monoisotopic (exact) mass is 355 g/mol. The van der Waals surface area contributed by atoms with E-state index in [-0.39, 0.29) is 24.7 Å². The molecule has 3 aromatic rings. The van der Waals surface area contributed by atoms with Gasteiger partial charge >= 0.3 is 5.92 Å². The fourth-order valence-electron chi connectivity index (χ4n) is 3.17. The maximum absolute atomic E-state index is 15.0. The minimum absolute atomic E-state index is 0.159. The van der Waals surface area contributed by atoms with Gasteiger partial charge in [-0.2, -0.15) is 8.78 Å². The molecule has 0 saturated heterocycles. The van der Waals surface area contributed by atoms with Gasteiger partial charge in [-0.3, -0.25) is 4.79 Å². The van der Waals surface area contributed by atoms with E-state index in [1.807, 2.05) is 22.7 Å². The van der Waals surface area contributed by atoms with Crippen molar-refractivity contribution in [2.24, 2.45) is 5.16 Å². The fourth-order valence-corrected chi connectivity index (χ4v) is 3.17. The zero-order valence-corrected chi connectivity index (χ0v) is 13.7. The molecule has 1 unspecified atom stereocenters. The third-order valence-electron chi connectivity index (χ3n) is 4.56. The highest BCUT2D eigenvalue weighted by molar-refractivity contribution is 5.93. The first-order valence-corrected chi connectivity index (χ1v) is 8.10. The number of alkyl halides is 2. The Kier molecular flexibility index (Phi) is 3.79. The van der Waals surface area contributed by atoms with Crippen molar-refractivity contribution in [3.05, 3.63) is 72.2 Å². The topological polar surface area (TPSA) is 56.0 Å². The summed E-state index contributed by atoms with van der Waals surface area (Å²) in [6.07, 6.45) is 5.46. The van der Waals surface area contributed by atoms with Gasteiger partial charge in [0, 0.05) is 42.6 Å². The second kappa shape index (κ2) is 6.01. The van der Waals surface area contributed by atoms with Crippen LogP contribution in [-0.2, 0) is 22.0 Å². The van der Waals surface area contributed by atoms with Gasteiger partial charge in [0.1, 0.15) is 5.65 Å². The van der Waals surface area contributed by atoms with Crippen molar-refractivity contribution in [1.29, 1.82) is 0 Å². The zero-order chi connectivity index (χ0) is 18.2. The number of pyridine rings is 1. The number of halogens is 2. The molecule has 0 amide bonds. The third-order valence-corrected chi connectivity index (χ3v) is 4.56. The number of oxime groups is 1. The molecule has 132 valence electrons. The summed E-state index contributed by atoms with van der Waals surface area (Å²) in [7, 11) is 0. The maximum atomic E-state index is 15.0. The Morgan fingerprint density at radius 2 is 2.00 bits per heavy atom. The molecule has 0 radical (unpaired) electrons. The van der Waals surface area contributed by atoms with Crippen LogP contribution in [0, 0.1) is 0 Å². The SMILES string of the molecule is O=CC1(C(F)(F)c2ccccc2)CC(Cc2cccn3ccnc23)=NO1. The number of hydrogen-bond acceptors (Lipinski definition) is 4. The van der Waals surface area contributed by atoms with Crippen LogP contribution in [0.5, 0.6) is 0 Å². The highest BCUT2D eigenvalue weighted by Gasteiger charge is 2.60. The Bertz CT molecular complexity index is 985. The molecule has 0 spiro atoms. The van der Waals surface area contributed by atoms with Crippen LogP contribution in [-0.4, -0.2) is 27.0 Å². The highest BCUT2D eigenvalue weighted by atomic mass is 19.3. The second-order valence-corrected chi connectivity index (χ2v) is 6.24. The van der Waals surface area contributed by atoms with Crippen LogP contribution in [0.2, 0.25) is 0 Å². The van der Waals surface area contributed by atoms with E-state index >= 15 is 0 Å². The van der Waals surface area contributed by atoms with Crippen LogP contribution in [0.3, 0.4) is 0 Å². The number of carbonyl (C=O) groups excluding carboxylic acids is 1. The molecule has 1 aliphatic heterocycles. The molecule has 0 N–H and O–H groups in total. The molecular formula is C19H15F2N3O2. The summed E-state index contributed by atoms with van der Waals surface area (Å²) < 4.78 is 31.8. The Morgan fingerprint density at radius 3 is 2.77 bits per heavy atom. The first-order valence-electron chi connectivity index (χ1n) is 8.10. The van der Waals surface area contributed by atoms with Crippen molar-refractivity contribution < 1.29 is 18.4 Å². The van der Waals surface area contributed by atoms with Crippen LogP contribution in [0.4, 0.5) is 8.78 Å². The van der Waals surface area contributed by atoms with Crippen LogP contribution < -0.4 is 0 Å². The lowest BCUT2D eigenvalue weighted by Gasteiger charge is -2.30. The van der Waals surface area contributed by atoms with Gasteiger partial charge < -0.3 is 9.24 Å². The van der Waals surface area contributed by atoms with Crippen LogP contribution in [0.15, 0.2) is 66.2 Å². The van der Waals surface area contributed by atoms with Crippen LogP contribution in [0.25, 0.3) is 5.65 Å². The Balaban J connectivity index is 1.61. The summed E-state index contributed by atoms with van der Waals surface area (Å²) in [5.41, 5.74) is -0.689.